The highest BCUT2D eigenvalue weighted by Gasteiger charge is 2.18. The zero-order valence-electron chi connectivity index (χ0n) is 10.1. The molecule has 0 aromatic heterocycles. The Hall–Kier alpha value is -0.0400. The van der Waals surface area contributed by atoms with Gasteiger partial charge in [-0.05, 0) is 6.42 Å². The van der Waals surface area contributed by atoms with Crippen LogP contribution < -0.4 is 0 Å². The van der Waals surface area contributed by atoms with Crippen molar-refractivity contribution in [1.82, 2.24) is 0 Å². The average molecular weight is 176 g/mol. The Kier molecular flexibility index (Phi) is 33.5. The lowest BCUT2D eigenvalue weighted by Gasteiger charge is -1.69. The van der Waals surface area contributed by atoms with E-state index < -0.39 is 0 Å². The Bertz CT molecular complexity index is 40.3. The highest BCUT2D eigenvalue weighted by Crippen LogP contribution is 2.10. The van der Waals surface area contributed by atoms with E-state index in [1.54, 1.807) is 0 Å². The largest absolute Gasteiger partial charge is 0.373 e. The van der Waals surface area contributed by atoms with Gasteiger partial charge < -0.3 is 4.74 Å². The lowest BCUT2D eigenvalue weighted by molar-refractivity contribution is 0.403. The van der Waals surface area contributed by atoms with Crippen molar-refractivity contribution in [2.45, 2.75) is 67.4 Å². The van der Waals surface area contributed by atoms with Crippen LogP contribution in [0.2, 0.25) is 0 Å². The first-order chi connectivity index (χ1) is 5.85. The van der Waals surface area contributed by atoms with Gasteiger partial charge in [-0.3, -0.25) is 0 Å². The maximum absolute atomic E-state index is 4.86. The van der Waals surface area contributed by atoms with E-state index in [1.807, 2.05) is 27.7 Å². The fourth-order valence-electron chi connectivity index (χ4n) is 0.304. The van der Waals surface area contributed by atoms with Crippen LogP contribution in [0.25, 0.3) is 0 Å². The molecule has 1 rings (SSSR count). The van der Waals surface area contributed by atoms with Gasteiger partial charge in [-0.15, -0.1) is 0 Å². The molecule has 0 saturated carbocycles. The monoisotopic (exact) mass is 176 g/mol. The Balaban J connectivity index is -0.000000102. The highest BCUT2D eigenvalue weighted by atomic mass is 16.6. The predicted molar refractivity (Wildman–Crippen MR) is 58.7 cm³/mol. The minimum Gasteiger partial charge on any atom is -0.373 e. The summed E-state index contributed by atoms with van der Waals surface area (Å²) in [5.41, 5.74) is 0. The van der Waals surface area contributed by atoms with Crippen LogP contribution >= 0.6 is 0 Å². The quantitative estimate of drug-likeness (QED) is 0.544. The molecule has 1 fully saturated rings. The van der Waals surface area contributed by atoms with E-state index >= 15 is 0 Å². The van der Waals surface area contributed by atoms with Crippen LogP contribution in [0.4, 0.5) is 0 Å². The summed E-state index contributed by atoms with van der Waals surface area (Å²) in [7, 11) is 0. The second-order valence-corrected chi connectivity index (χ2v) is 2.07. The van der Waals surface area contributed by atoms with Gasteiger partial charge in [-0.25, -0.2) is 0 Å². The van der Waals surface area contributed by atoms with E-state index in [0.717, 1.165) is 6.61 Å². The van der Waals surface area contributed by atoms with Crippen LogP contribution in [0.3, 0.4) is 0 Å². The first-order valence-electron chi connectivity index (χ1n) is 5.46. The van der Waals surface area contributed by atoms with Gasteiger partial charge in [0.1, 0.15) is 0 Å². The third kappa shape index (κ3) is 32.5. The van der Waals surface area contributed by atoms with E-state index in [2.05, 4.69) is 20.8 Å². The summed E-state index contributed by atoms with van der Waals surface area (Å²) in [5.74, 6) is 0. The van der Waals surface area contributed by atoms with Crippen molar-refractivity contribution in [2.24, 2.45) is 0 Å². The second kappa shape index (κ2) is 22.4. The smallest absolute Gasteiger partial charge is 0.0807 e. The van der Waals surface area contributed by atoms with Gasteiger partial charge in [0.15, 0.2) is 0 Å². The van der Waals surface area contributed by atoms with Gasteiger partial charge in [-0.1, -0.05) is 54.9 Å². The van der Waals surface area contributed by atoms with Crippen LogP contribution in [-0.4, -0.2) is 12.7 Å². The third-order valence-corrected chi connectivity index (χ3v) is 0.858. The molecule has 0 aromatic carbocycles. The maximum atomic E-state index is 4.86. The van der Waals surface area contributed by atoms with E-state index in [9.17, 15) is 0 Å². The number of rotatable bonds is 1. The molecule has 1 aliphatic heterocycles. The first kappa shape index (κ1) is 17.9. The van der Waals surface area contributed by atoms with E-state index in [4.69, 9.17) is 4.74 Å². The van der Waals surface area contributed by atoms with Crippen molar-refractivity contribution in [2.75, 3.05) is 6.61 Å². The molecule has 1 heteroatoms. The molecule has 0 aromatic rings. The molecule has 12 heavy (non-hydrogen) atoms. The number of hydrogen-bond acceptors (Lipinski definition) is 1. The van der Waals surface area contributed by atoms with E-state index in [0.29, 0.717) is 6.10 Å². The Morgan fingerprint density at radius 1 is 1.00 bits per heavy atom. The Morgan fingerprint density at radius 2 is 1.25 bits per heavy atom. The predicted octanol–water partition coefficient (Wildman–Crippen LogP) is 4.26. The molecular formula is C11H28O. The van der Waals surface area contributed by atoms with Crippen molar-refractivity contribution < 1.29 is 4.74 Å². The zero-order valence-corrected chi connectivity index (χ0v) is 10.1. The lowest BCUT2D eigenvalue weighted by atomic mass is 10.4. The minimum atomic E-state index is 0.634. The van der Waals surface area contributed by atoms with Crippen LogP contribution in [0.15, 0.2) is 0 Å². The van der Waals surface area contributed by atoms with Crippen molar-refractivity contribution in [3.8, 4) is 0 Å². The number of epoxide rings is 1. The van der Waals surface area contributed by atoms with E-state index in [1.165, 1.54) is 12.8 Å². The normalized spacial score (nSPS) is 16.8. The summed E-state index contributed by atoms with van der Waals surface area (Å²) >= 11 is 0. The first-order valence-corrected chi connectivity index (χ1v) is 5.46. The van der Waals surface area contributed by atoms with Crippen molar-refractivity contribution in [3.63, 3.8) is 0 Å². The summed E-state index contributed by atoms with van der Waals surface area (Å²) in [5, 5.41) is 0. The molecular weight excluding hydrogens is 148 g/mol. The minimum absolute atomic E-state index is 0.634. The summed E-state index contributed by atoms with van der Waals surface area (Å²) in [4.78, 5) is 0. The van der Waals surface area contributed by atoms with Crippen molar-refractivity contribution >= 4 is 0 Å². The molecule has 0 radical (unpaired) electrons. The number of hydrogen-bond donors (Lipinski definition) is 0. The van der Waals surface area contributed by atoms with Gasteiger partial charge in [0.25, 0.3) is 0 Å². The SMILES string of the molecule is CC.CC.CCC.CCC1CO1. The highest BCUT2D eigenvalue weighted by molar-refractivity contribution is 4.64. The fourth-order valence-corrected chi connectivity index (χ4v) is 0.304. The van der Waals surface area contributed by atoms with Crippen molar-refractivity contribution in [3.05, 3.63) is 0 Å². The Labute approximate surface area is 79.5 Å². The lowest BCUT2D eigenvalue weighted by Crippen LogP contribution is -1.73. The summed E-state index contributed by atoms with van der Waals surface area (Å²) < 4.78 is 4.86. The molecule has 0 amide bonds. The molecule has 1 unspecified atom stereocenters. The van der Waals surface area contributed by atoms with Gasteiger partial charge in [-0.2, -0.15) is 0 Å². The topological polar surface area (TPSA) is 12.5 Å². The average Bonchev–Trinajstić information content (AvgIpc) is 2.95. The van der Waals surface area contributed by atoms with Crippen molar-refractivity contribution in [1.29, 1.82) is 0 Å². The molecule has 1 saturated heterocycles. The standard InChI is InChI=1S/C4H8O.C3H8.2C2H6/c1-2-4-3-5-4;1-3-2;2*1-2/h4H,2-3H2,1H3;3H2,1-2H3;2*1-2H3. The number of ether oxygens (including phenoxy) is 1. The fraction of sp³-hybridized carbons (Fsp3) is 1.00. The maximum Gasteiger partial charge on any atom is 0.0807 e. The molecule has 0 bridgehead atoms. The molecule has 1 heterocycles. The molecule has 1 nitrogen and oxygen atoms in total. The van der Waals surface area contributed by atoms with Crippen LogP contribution in [0, 0.1) is 0 Å². The molecule has 78 valence electrons. The zero-order chi connectivity index (χ0) is 10.4. The molecule has 1 atom stereocenters. The van der Waals surface area contributed by atoms with Gasteiger partial charge in [0.05, 0.1) is 12.7 Å². The molecule has 0 aliphatic carbocycles. The third-order valence-electron chi connectivity index (χ3n) is 0.858. The molecule has 1 aliphatic rings. The summed E-state index contributed by atoms with van der Waals surface area (Å²) in [6.07, 6.45) is 3.08. The Morgan fingerprint density at radius 3 is 1.25 bits per heavy atom. The van der Waals surface area contributed by atoms with E-state index in [-0.39, 0.29) is 0 Å². The molecule has 0 N–H and O–H groups in total. The van der Waals surface area contributed by atoms with Gasteiger partial charge in [0.2, 0.25) is 0 Å². The van der Waals surface area contributed by atoms with Gasteiger partial charge in [0, 0.05) is 0 Å². The van der Waals surface area contributed by atoms with Crippen LogP contribution in [0.5, 0.6) is 0 Å². The van der Waals surface area contributed by atoms with Gasteiger partial charge >= 0.3 is 0 Å². The van der Waals surface area contributed by atoms with Crippen LogP contribution in [-0.2, 0) is 4.74 Å². The summed E-state index contributed by atoms with van der Waals surface area (Å²) in [6, 6.07) is 0. The summed E-state index contributed by atoms with van der Waals surface area (Å²) in [6.45, 7) is 15.4. The van der Waals surface area contributed by atoms with Crippen LogP contribution in [0.1, 0.15) is 61.3 Å². The molecule has 0 spiro atoms. The second-order valence-electron chi connectivity index (χ2n) is 2.07.